The maximum absolute atomic E-state index is 7.53. The number of hydrogen-bond donors (Lipinski definition) is 2. The fourth-order valence-corrected chi connectivity index (χ4v) is 1.70. The lowest BCUT2D eigenvalue weighted by Crippen LogP contribution is -2.26. The second kappa shape index (κ2) is 5.39. The zero-order chi connectivity index (χ0) is 11.3. The van der Waals surface area contributed by atoms with E-state index in [1.807, 2.05) is 24.3 Å². The summed E-state index contributed by atoms with van der Waals surface area (Å²) < 4.78 is 0. The Morgan fingerprint density at radius 3 is 2.53 bits per heavy atom. The first-order valence-corrected chi connectivity index (χ1v) is 5.39. The zero-order valence-electron chi connectivity index (χ0n) is 9.46. The van der Waals surface area contributed by atoms with Crippen LogP contribution in [0.25, 0.3) is 0 Å². The van der Waals surface area contributed by atoms with Gasteiger partial charge < -0.3 is 10.6 Å². The van der Waals surface area contributed by atoms with E-state index in [4.69, 9.17) is 11.1 Å². The van der Waals surface area contributed by atoms with Gasteiger partial charge in [-0.3, -0.25) is 5.41 Å². The van der Waals surface area contributed by atoms with Gasteiger partial charge >= 0.3 is 0 Å². The molecule has 3 N–H and O–H groups in total. The van der Waals surface area contributed by atoms with Crippen molar-refractivity contribution >= 4 is 11.5 Å². The molecule has 0 aliphatic heterocycles. The van der Waals surface area contributed by atoms with Gasteiger partial charge in [0.15, 0.2) is 0 Å². The van der Waals surface area contributed by atoms with E-state index in [0.29, 0.717) is 0 Å². The molecule has 1 aromatic rings. The van der Waals surface area contributed by atoms with Crippen molar-refractivity contribution in [2.75, 3.05) is 18.0 Å². The van der Waals surface area contributed by atoms with Crippen molar-refractivity contribution in [3.05, 3.63) is 29.8 Å². The molecule has 0 aliphatic rings. The van der Waals surface area contributed by atoms with E-state index in [1.165, 1.54) is 0 Å². The van der Waals surface area contributed by atoms with Crippen molar-refractivity contribution in [1.29, 1.82) is 5.41 Å². The number of nitrogens with two attached hydrogens (primary N) is 1. The van der Waals surface area contributed by atoms with Crippen LogP contribution in [0.1, 0.15) is 25.8 Å². The van der Waals surface area contributed by atoms with E-state index in [9.17, 15) is 0 Å². The minimum absolute atomic E-state index is 0.139. The second-order valence-corrected chi connectivity index (χ2v) is 3.51. The summed E-state index contributed by atoms with van der Waals surface area (Å²) >= 11 is 0. The Hall–Kier alpha value is -1.51. The molecule has 0 bridgehead atoms. The molecule has 0 aliphatic carbocycles. The van der Waals surface area contributed by atoms with Crippen LogP contribution in [0.15, 0.2) is 24.3 Å². The van der Waals surface area contributed by atoms with Crippen molar-refractivity contribution < 1.29 is 0 Å². The molecule has 0 atom stereocenters. The molecule has 3 nitrogen and oxygen atoms in total. The van der Waals surface area contributed by atoms with E-state index in [2.05, 4.69) is 18.7 Å². The molecule has 1 rings (SSSR count). The first-order chi connectivity index (χ1) is 7.20. The molecule has 15 heavy (non-hydrogen) atoms. The first kappa shape index (κ1) is 11.6. The molecule has 0 saturated heterocycles. The lowest BCUT2D eigenvalue weighted by atomic mass is 10.1. The summed E-state index contributed by atoms with van der Waals surface area (Å²) in [4.78, 5) is 2.25. The molecular weight excluding hydrogens is 186 g/mol. The van der Waals surface area contributed by atoms with Crippen LogP contribution in [0.4, 0.5) is 5.69 Å². The Morgan fingerprint density at radius 1 is 1.33 bits per heavy atom. The van der Waals surface area contributed by atoms with Crippen LogP contribution in [-0.4, -0.2) is 18.9 Å². The number of para-hydroxylation sites is 1. The number of hydrogen-bond acceptors (Lipinski definition) is 2. The number of rotatable bonds is 5. The lowest BCUT2D eigenvalue weighted by molar-refractivity contribution is 0.791. The van der Waals surface area contributed by atoms with Gasteiger partial charge in [-0.2, -0.15) is 0 Å². The third-order valence-corrected chi connectivity index (χ3v) is 2.41. The highest BCUT2D eigenvalue weighted by molar-refractivity contribution is 6.00. The van der Waals surface area contributed by atoms with Crippen LogP contribution < -0.4 is 10.6 Å². The summed E-state index contributed by atoms with van der Waals surface area (Å²) in [5, 5.41) is 7.53. The fourth-order valence-electron chi connectivity index (χ4n) is 1.70. The van der Waals surface area contributed by atoms with Gasteiger partial charge in [-0.05, 0) is 25.5 Å². The zero-order valence-corrected chi connectivity index (χ0v) is 9.46. The monoisotopic (exact) mass is 205 g/mol. The van der Waals surface area contributed by atoms with Gasteiger partial charge in [0.25, 0.3) is 0 Å². The first-order valence-electron chi connectivity index (χ1n) is 5.39. The number of benzene rings is 1. The van der Waals surface area contributed by atoms with Gasteiger partial charge in [0.05, 0.1) is 0 Å². The number of nitrogens with one attached hydrogen (secondary N) is 1. The Labute approximate surface area is 91.4 Å². The van der Waals surface area contributed by atoms with Crippen LogP contribution in [-0.2, 0) is 0 Å². The molecule has 0 heterocycles. The largest absolute Gasteiger partial charge is 0.384 e. The highest BCUT2D eigenvalue weighted by Crippen LogP contribution is 2.19. The third-order valence-electron chi connectivity index (χ3n) is 2.41. The maximum atomic E-state index is 7.53. The predicted octanol–water partition coefficient (Wildman–Crippen LogP) is 2.21. The summed E-state index contributed by atoms with van der Waals surface area (Å²) in [5.41, 5.74) is 7.45. The summed E-state index contributed by atoms with van der Waals surface area (Å²) in [6, 6.07) is 7.83. The number of nitrogen functional groups attached to an aromatic ring is 1. The minimum atomic E-state index is 0.139. The SMILES string of the molecule is CCCN(CC)c1ccccc1C(=N)N. The van der Waals surface area contributed by atoms with Gasteiger partial charge in [-0.25, -0.2) is 0 Å². The van der Waals surface area contributed by atoms with Crippen molar-refractivity contribution in [2.24, 2.45) is 5.73 Å². The van der Waals surface area contributed by atoms with Crippen molar-refractivity contribution in [2.45, 2.75) is 20.3 Å². The highest BCUT2D eigenvalue weighted by atomic mass is 15.1. The van der Waals surface area contributed by atoms with E-state index in [1.54, 1.807) is 0 Å². The normalized spacial score (nSPS) is 10.0. The van der Waals surface area contributed by atoms with Gasteiger partial charge in [0, 0.05) is 24.3 Å². The smallest absolute Gasteiger partial charge is 0.124 e. The molecule has 0 fully saturated rings. The van der Waals surface area contributed by atoms with E-state index >= 15 is 0 Å². The van der Waals surface area contributed by atoms with E-state index in [0.717, 1.165) is 30.8 Å². The number of anilines is 1. The van der Waals surface area contributed by atoms with Gasteiger partial charge in [-0.1, -0.05) is 19.1 Å². The fraction of sp³-hybridized carbons (Fsp3) is 0.417. The number of amidine groups is 1. The molecule has 0 radical (unpaired) electrons. The Bertz CT molecular complexity index is 333. The molecule has 0 saturated carbocycles. The molecule has 1 aromatic carbocycles. The van der Waals surface area contributed by atoms with Crippen molar-refractivity contribution in [1.82, 2.24) is 0 Å². The second-order valence-electron chi connectivity index (χ2n) is 3.51. The molecule has 82 valence electrons. The summed E-state index contributed by atoms with van der Waals surface area (Å²) in [6.45, 7) is 6.21. The van der Waals surface area contributed by atoms with E-state index in [-0.39, 0.29) is 5.84 Å². The molecule has 3 heteroatoms. The van der Waals surface area contributed by atoms with Gasteiger partial charge in [0.1, 0.15) is 5.84 Å². The van der Waals surface area contributed by atoms with E-state index < -0.39 is 0 Å². The van der Waals surface area contributed by atoms with Gasteiger partial charge in [-0.15, -0.1) is 0 Å². The average molecular weight is 205 g/mol. The Morgan fingerprint density at radius 2 is 2.00 bits per heavy atom. The van der Waals surface area contributed by atoms with Gasteiger partial charge in [0.2, 0.25) is 0 Å². The molecule has 0 unspecified atom stereocenters. The quantitative estimate of drug-likeness (QED) is 0.572. The standard InChI is InChI=1S/C12H19N3/c1-3-9-15(4-2)11-8-6-5-7-10(11)12(13)14/h5-8H,3-4,9H2,1-2H3,(H3,13,14). The topological polar surface area (TPSA) is 53.1 Å². The lowest BCUT2D eigenvalue weighted by Gasteiger charge is -2.24. The van der Waals surface area contributed by atoms with Crippen molar-refractivity contribution in [3.8, 4) is 0 Å². The molecular formula is C12H19N3. The van der Waals surface area contributed by atoms with Crippen LogP contribution in [0.5, 0.6) is 0 Å². The van der Waals surface area contributed by atoms with Crippen LogP contribution >= 0.6 is 0 Å². The molecule has 0 amide bonds. The van der Waals surface area contributed by atoms with Crippen LogP contribution in [0, 0.1) is 5.41 Å². The summed E-state index contributed by atoms with van der Waals surface area (Å²) in [6.07, 6.45) is 1.10. The molecule has 0 aromatic heterocycles. The average Bonchev–Trinajstić information content (AvgIpc) is 2.26. The van der Waals surface area contributed by atoms with Crippen LogP contribution in [0.3, 0.4) is 0 Å². The van der Waals surface area contributed by atoms with Crippen molar-refractivity contribution in [3.63, 3.8) is 0 Å². The Kier molecular flexibility index (Phi) is 4.16. The Balaban J connectivity index is 3.04. The summed E-state index contributed by atoms with van der Waals surface area (Å²) in [5.74, 6) is 0.139. The maximum Gasteiger partial charge on any atom is 0.124 e. The highest BCUT2D eigenvalue weighted by Gasteiger charge is 2.09. The van der Waals surface area contributed by atoms with Crippen LogP contribution in [0.2, 0.25) is 0 Å². The minimum Gasteiger partial charge on any atom is -0.384 e. The summed E-state index contributed by atoms with van der Waals surface area (Å²) in [7, 11) is 0. The number of nitrogens with zero attached hydrogens (tertiary/aromatic N) is 1. The predicted molar refractivity (Wildman–Crippen MR) is 65.6 cm³/mol. The molecule has 0 spiro atoms. The third kappa shape index (κ3) is 2.72.